The van der Waals surface area contributed by atoms with Gasteiger partial charge in [0.05, 0.1) is 9.73 Å². The van der Waals surface area contributed by atoms with E-state index >= 15 is 0 Å². The van der Waals surface area contributed by atoms with Crippen molar-refractivity contribution in [3.05, 3.63) is 78.4 Å². The molecule has 0 spiro atoms. The first-order chi connectivity index (χ1) is 16.9. The summed E-state index contributed by atoms with van der Waals surface area (Å²) in [6.45, 7) is 10.1. The number of aromatic nitrogens is 2. The second-order valence-corrected chi connectivity index (χ2v) is 11.0. The van der Waals surface area contributed by atoms with E-state index in [0.29, 0.717) is 6.47 Å². The molecule has 4 heterocycles. The van der Waals surface area contributed by atoms with Crippen LogP contribution in [0, 0.1) is 0 Å². The number of fused-ring (bicyclic) bond motifs is 1. The highest BCUT2D eigenvalue weighted by molar-refractivity contribution is 8.01. The predicted octanol–water partition coefficient (Wildman–Crippen LogP) is 5.90. The number of carbonyl (C=O) groups is 1. The van der Waals surface area contributed by atoms with E-state index in [1.54, 1.807) is 29.3 Å². The largest absolute Gasteiger partial charge is 0.462 e. The number of hydrogen-bond acceptors (Lipinski definition) is 8. The third-order valence-corrected chi connectivity index (χ3v) is 6.79. The van der Waals surface area contributed by atoms with Gasteiger partial charge in [-0.25, -0.2) is 4.98 Å². The first-order valence-corrected chi connectivity index (χ1v) is 13.2. The maximum Gasteiger partial charge on any atom is 0.293 e. The number of rotatable bonds is 4. The van der Waals surface area contributed by atoms with Crippen molar-refractivity contribution in [2.75, 3.05) is 31.1 Å². The van der Waals surface area contributed by atoms with E-state index in [0.717, 1.165) is 37.5 Å². The molecule has 0 amide bonds. The molecule has 0 bridgehead atoms. The molecule has 1 aliphatic heterocycles. The van der Waals surface area contributed by atoms with Crippen LogP contribution in [0.1, 0.15) is 20.8 Å². The highest BCUT2D eigenvalue weighted by Gasteiger charge is 2.11. The van der Waals surface area contributed by atoms with Crippen LogP contribution in [0.3, 0.4) is 0 Å². The standard InChI is InChI=1S/C13H15N3.C9H7NS2.C5H10O2/c1-2-4-12-11(3-1)5-6-13(15-12)16-9-7-14-8-10-16;1-3-8(7-10-5-1)12-9-4-2-6-11-9;1-5(2,3)7-4-6/h1-6,14H,7-10H2;1-7H;4H,1-3H3. The third-order valence-electron chi connectivity index (χ3n) is 4.77. The average molecular weight is 509 g/mol. The number of nitrogens with one attached hydrogen (secondary N) is 1. The van der Waals surface area contributed by atoms with Gasteiger partial charge in [0.15, 0.2) is 0 Å². The number of pyridine rings is 2. The van der Waals surface area contributed by atoms with Gasteiger partial charge in [0.25, 0.3) is 6.47 Å². The Labute approximate surface area is 215 Å². The van der Waals surface area contributed by atoms with Gasteiger partial charge < -0.3 is 15.0 Å². The van der Waals surface area contributed by atoms with Gasteiger partial charge in [0.2, 0.25) is 0 Å². The van der Waals surface area contributed by atoms with Gasteiger partial charge in [0, 0.05) is 48.9 Å². The number of piperazine rings is 1. The van der Waals surface area contributed by atoms with E-state index in [1.807, 2.05) is 39.1 Å². The molecule has 0 saturated carbocycles. The fourth-order valence-corrected chi connectivity index (χ4v) is 4.85. The van der Waals surface area contributed by atoms with Crippen molar-refractivity contribution in [2.24, 2.45) is 0 Å². The number of thiophene rings is 1. The average Bonchev–Trinajstić information content (AvgIpc) is 3.38. The number of ether oxygens (including phenoxy) is 1. The van der Waals surface area contributed by atoms with Crippen LogP contribution < -0.4 is 10.2 Å². The summed E-state index contributed by atoms with van der Waals surface area (Å²) in [7, 11) is 0. The van der Waals surface area contributed by atoms with E-state index in [2.05, 4.69) is 73.8 Å². The summed E-state index contributed by atoms with van der Waals surface area (Å²) < 4.78 is 5.86. The molecule has 184 valence electrons. The van der Waals surface area contributed by atoms with Crippen LogP contribution in [0.4, 0.5) is 5.82 Å². The summed E-state index contributed by atoms with van der Waals surface area (Å²) in [6, 6.07) is 20.7. The Morgan fingerprint density at radius 3 is 2.46 bits per heavy atom. The lowest BCUT2D eigenvalue weighted by atomic mass is 10.2. The summed E-state index contributed by atoms with van der Waals surface area (Å²) in [5, 5.41) is 6.64. The maximum atomic E-state index is 9.60. The van der Waals surface area contributed by atoms with Crippen molar-refractivity contribution >= 4 is 46.3 Å². The van der Waals surface area contributed by atoms with Gasteiger partial charge in [-0.1, -0.05) is 36.0 Å². The highest BCUT2D eigenvalue weighted by Crippen LogP contribution is 2.30. The number of carbonyl (C=O) groups excluding carboxylic acids is 1. The van der Waals surface area contributed by atoms with Crippen LogP contribution in [0.2, 0.25) is 0 Å². The Bertz CT molecular complexity index is 1140. The molecule has 0 atom stereocenters. The summed E-state index contributed by atoms with van der Waals surface area (Å²) in [4.78, 5) is 21.9. The molecule has 1 N–H and O–H groups in total. The molecular formula is C27H32N4O2S2. The summed E-state index contributed by atoms with van der Waals surface area (Å²) in [6.07, 6.45) is 3.67. The molecule has 1 aliphatic rings. The minimum Gasteiger partial charge on any atom is -0.462 e. The van der Waals surface area contributed by atoms with Gasteiger partial charge in [0.1, 0.15) is 11.4 Å². The Morgan fingerprint density at radius 1 is 1.03 bits per heavy atom. The van der Waals surface area contributed by atoms with Crippen molar-refractivity contribution in [1.82, 2.24) is 15.3 Å². The maximum absolute atomic E-state index is 9.60. The molecule has 6 nitrogen and oxygen atoms in total. The van der Waals surface area contributed by atoms with Gasteiger partial charge in [-0.2, -0.15) is 0 Å². The van der Waals surface area contributed by atoms with Gasteiger partial charge in [-0.05, 0) is 62.5 Å². The zero-order valence-corrected chi connectivity index (χ0v) is 22.0. The van der Waals surface area contributed by atoms with E-state index in [-0.39, 0.29) is 5.60 Å². The number of nitrogens with zero attached hydrogens (tertiary/aromatic N) is 3. The number of benzene rings is 1. The molecule has 4 aromatic rings. The molecule has 3 aromatic heterocycles. The fraction of sp³-hybridized carbons (Fsp3) is 0.296. The van der Waals surface area contributed by atoms with Crippen LogP contribution in [-0.4, -0.2) is 48.2 Å². The fourth-order valence-electron chi connectivity index (χ4n) is 3.11. The smallest absolute Gasteiger partial charge is 0.293 e. The van der Waals surface area contributed by atoms with E-state index in [4.69, 9.17) is 4.98 Å². The molecule has 8 heteroatoms. The lowest BCUT2D eigenvalue weighted by Gasteiger charge is -2.28. The topological polar surface area (TPSA) is 67.3 Å². The molecule has 0 radical (unpaired) electrons. The second kappa shape index (κ2) is 13.8. The van der Waals surface area contributed by atoms with E-state index in [9.17, 15) is 4.79 Å². The zero-order chi connectivity index (χ0) is 24.9. The van der Waals surface area contributed by atoms with Crippen LogP contribution >= 0.6 is 23.1 Å². The van der Waals surface area contributed by atoms with Crippen LogP contribution in [0.15, 0.2) is 87.5 Å². The summed E-state index contributed by atoms with van der Waals surface area (Å²) in [5.41, 5.74) is 0.764. The quantitative estimate of drug-likeness (QED) is 0.344. The second-order valence-electron chi connectivity index (χ2n) is 8.65. The van der Waals surface area contributed by atoms with Crippen LogP contribution in [0.5, 0.6) is 0 Å². The molecule has 5 rings (SSSR count). The first kappa shape index (κ1) is 26.7. The van der Waals surface area contributed by atoms with Crippen molar-refractivity contribution in [3.63, 3.8) is 0 Å². The number of para-hydroxylation sites is 1. The van der Waals surface area contributed by atoms with E-state index in [1.165, 1.54) is 14.5 Å². The Kier molecular flexibility index (Phi) is 10.5. The minimum absolute atomic E-state index is 0.318. The van der Waals surface area contributed by atoms with Gasteiger partial charge in [-0.3, -0.25) is 9.78 Å². The SMILES string of the molecule is CC(C)(C)OC=O.c1ccc2nc(N3CCNCC3)ccc2c1.c1cncc(Sc2cccs2)c1. The lowest BCUT2D eigenvalue weighted by molar-refractivity contribution is -0.138. The Morgan fingerprint density at radius 2 is 1.83 bits per heavy atom. The third kappa shape index (κ3) is 9.68. The zero-order valence-electron chi connectivity index (χ0n) is 20.4. The Balaban J connectivity index is 0.000000160. The highest BCUT2D eigenvalue weighted by atomic mass is 32.2. The van der Waals surface area contributed by atoms with Crippen molar-refractivity contribution in [2.45, 2.75) is 35.5 Å². The van der Waals surface area contributed by atoms with Gasteiger partial charge in [-0.15, -0.1) is 11.3 Å². The van der Waals surface area contributed by atoms with E-state index < -0.39 is 0 Å². The Hall–Kier alpha value is -2.94. The normalized spacial score (nSPS) is 13.2. The number of hydrogen-bond donors (Lipinski definition) is 1. The van der Waals surface area contributed by atoms with Crippen molar-refractivity contribution in [1.29, 1.82) is 0 Å². The molecule has 35 heavy (non-hydrogen) atoms. The monoisotopic (exact) mass is 508 g/mol. The molecule has 1 fully saturated rings. The predicted molar refractivity (Wildman–Crippen MR) is 146 cm³/mol. The molecule has 1 aromatic carbocycles. The lowest BCUT2D eigenvalue weighted by Crippen LogP contribution is -2.43. The van der Waals surface area contributed by atoms with Crippen LogP contribution in [0.25, 0.3) is 10.9 Å². The molecular weight excluding hydrogens is 476 g/mol. The van der Waals surface area contributed by atoms with Crippen molar-refractivity contribution in [3.8, 4) is 0 Å². The summed E-state index contributed by atoms with van der Waals surface area (Å²) in [5.74, 6) is 1.10. The summed E-state index contributed by atoms with van der Waals surface area (Å²) >= 11 is 3.50. The molecule has 1 saturated heterocycles. The number of anilines is 1. The first-order valence-electron chi connectivity index (χ1n) is 11.5. The minimum atomic E-state index is -0.318. The molecule has 0 unspecified atom stereocenters. The van der Waals surface area contributed by atoms with Crippen LogP contribution in [-0.2, 0) is 9.53 Å². The van der Waals surface area contributed by atoms with Crippen molar-refractivity contribution < 1.29 is 9.53 Å². The van der Waals surface area contributed by atoms with Gasteiger partial charge >= 0.3 is 0 Å². The molecule has 0 aliphatic carbocycles.